The molecule has 0 atom stereocenters. The molecular formula is C16H21N3O. The number of aromatic amines is 1. The van der Waals surface area contributed by atoms with E-state index in [1.165, 1.54) is 11.6 Å². The summed E-state index contributed by atoms with van der Waals surface area (Å²) in [6.07, 6.45) is 0. The van der Waals surface area contributed by atoms with E-state index in [-0.39, 0.29) is 16.9 Å². The summed E-state index contributed by atoms with van der Waals surface area (Å²) >= 11 is 0. The fourth-order valence-corrected chi connectivity index (χ4v) is 2.41. The van der Waals surface area contributed by atoms with Gasteiger partial charge in [-0.15, -0.1) is 0 Å². The third-order valence-corrected chi connectivity index (χ3v) is 3.41. The lowest BCUT2D eigenvalue weighted by Gasteiger charge is -2.22. The number of nitrogen functional groups attached to an aromatic ring is 1. The number of anilines is 1. The molecule has 0 aliphatic rings. The lowest BCUT2D eigenvalue weighted by atomic mass is 9.83. The van der Waals surface area contributed by atoms with Gasteiger partial charge < -0.3 is 5.73 Å². The van der Waals surface area contributed by atoms with Crippen molar-refractivity contribution in [1.29, 1.82) is 0 Å². The molecular weight excluding hydrogens is 250 g/mol. The van der Waals surface area contributed by atoms with E-state index < -0.39 is 0 Å². The lowest BCUT2D eigenvalue weighted by molar-refractivity contribution is 0.589. The maximum Gasteiger partial charge on any atom is 0.252 e. The van der Waals surface area contributed by atoms with Crippen LogP contribution in [-0.2, 0) is 5.41 Å². The van der Waals surface area contributed by atoms with Gasteiger partial charge in [-0.25, -0.2) is 4.98 Å². The Morgan fingerprint density at radius 2 is 1.65 bits per heavy atom. The van der Waals surface area contributed by atoms with Crippen molar-refractivity contribution in [2.75, 3.05) is 5.73 Å². The van der Waals surface area contributed by atoms with Crippen LogP contribution in [0, 0.1) is 13.8 Å². The zero-order chi connectivity index (χ0) is 15.1. The minimum Gasteiger partial charge on any atom is -0.369 e. The quantitative estimate of drug-likeness (QED) is 0.837. The van der Waals surface area contributed by atoms with Crippen LogP contribution in [0.2, 0.25) is 0 Å². The van der Waals surface area contributed by atoms with Crippen LogP contribution in [0.3, 0.4) is 0 Å². The molecule has 0 saturated carbocycles. The number of hydrogen-bond acceptors (Lipinski definition) is 3. The minimum absolute atomic E-state index is 0.0919. The Kier molecular flexibility index (Phi) is 3.42. The summed E-state index contributed by atoms with van der Waals surface area (Å²) in [5.74, 6) is 0.145. The van der Waals surface area contributed by atoms with E-state index in [1.54, 1.807) is 0 Å². The number of rotatable bonds is 1. The Labute approximate surface area is 119 Å². The van der Waals surface area contributed by atoms with Crippen LogP contribution < -0.4 is 11.3 Å². The molecule has 2 aromatic rings. The molecule has 0 saturated heterocycles. The second-order valence-electron chi connectivity index (χ2n) is 6.25. The summed E-state index contributed by atoms with van der Waals surface area (Å²) in [5, 5.41) is 0. The summed E-state index contributed by atoms with van der Waals surface area (Å²) in [4.78, 5) is 18.3. The van der Waals surface area contributed by atoms with E-state index in [4.69, 9.17) is 5.73 Å². The average Bonchev–Trinajstić information content (AvgIpc) is 2.25. The number of nitrogens with two attached hydrogens (primary N) is 1. The van der Waals surface area contributed by atoms with Crippen molar-refractivity contribution in [2.45, 2.75) is 40.0 Å². The van der Waals surface area contributed by atoms with Gasteiger partial charge in [0.15, 0.2) is 0 Å². The highest BCUT2D eigenvalue weighted by atomic mass is 16.1. The number of aromatic nitrogens is 2. The highest BCUT2D eigenvalue weighted by Crippen LogP contribution is 2.31. The first kappa shape index (κ1) is 14.3. The van der Waals surface area contributed by atoms with Crippen LogP contribution in [0.15, 0.2) is 23.0 Å². The van der Waals surface area contributed by atoms with Crippen LogP contribution in [0.1, 0.15) is 37.5 Å². The third-order valence-electron chi connectivity index (χ3n) is 3.41. The van der Waals surface area contributed by atoms with Crippen LogP contribution in [0.4, 0.5) is 5.95 Å². The van der Waals surface area contributed by atoms with Crippen LogP contribution in [0.5, 0.6) is 0 Å². The Balaban J connectivity index is 2.67. The second-order valence-corrected chi connectivity index (χ2v) is 6.25. The van der Waals surface area contributed by atoms with Gasteiger partial charge in [-0.1, -0.05) is 32.9 Å². The molecule has 0 unspecified atom stereocenters. The fourth-order valence-electron chi connectivity index (χ4n) is 2.41. The smallest absolute Gasteiger partial charge is 0.252 e. The van der Waals surface area contributed by atoms with E-state index in [0.29, 0.717) is 5.69 Å². The number of H-pyrrole nitrogens is 1. The number of nitrogens with one attached hydrogen (secondary N) is 1. The number of nitrogens with zero attached hydrogens (tertiary/aromatic N) is 1. The minimum atomic E-state index is -0.230. The van der Waals surface area contributed by atoms with Gasteiger partial charge in [-0.05, 0) is 36.0 Å². The summed E-state index contributed by atoms with van der Waals surface area (Å²) in [6.45, 7) is 10.6. The van der Waals surface area contributed by atoms with Gasteiger partial charge >= 0.3 is 0 Å². The zero-order valence-electron chi connectivity index (χ0n) is 12.7. The van der Waals surface area contributed by atoms with Crippen molar-refractivity contribution < 1.29 is 0 Å². The second kappa shape index (κ2) is 4.78. The predicted molar refractivity (Wildman–Crippen MR) is 82.9 cm³/mol. The molecule has 0 spiro atoms. The first-order valence-electron chi connectivity index (χ1n) is 6.67. The van der Waals surface area contributed by atoms with Crippen molar-refractivity contribution in [1.82, 2.24) is 9.97 Å². The average molecular weight is 271 g/mol. The van der Waals surface area contributed by atoms with Crippen molar-refractivity contribution >= 4 is 5.95 Å². The molecule has 106 valence electrons. The Bertz CT molecular complexity index is 685. The summed E-state index contributed by atoms with van der Waals surface area (Å²) in [7, 11) is 0. The molecule has 20 heavy (non-hydrogen) atoms. The van der Waals surface area contributed by atoms with E-state index in [1.807, 2.05) is 13.8 Å². The fraction of sp³-hybridized carbons (Fsp3) is 0.375. The molecule has 0 fully saturated rings. The van der Waals surface area contributed by atoms with E-state index >= 15 is 0 Å². The molecule has 3 N–H and O–H groups in total. The Morgan fingerprint density at radius 3 is 2.10 bits per heavy atom. The molecule has 1 aromatic heterocycles. The van der Waals surface area contributed by atoms with Gasteiger partial charge in [0.2, 0.25) is 5.95 Å². The van der Waals surface area contributed by atoms with Gasteiger partial charge in [0, 0.05) is 11.6 Å². The van der Waals surface area contributed by atoms with Gasteiger partial charge in [-0.3, -0.25) is 9.78 Å². The molecule has 0 radical (unpaired) electrons. The highest BCUT2D eigenvalue weighted by molar-refractivity contribution is 5.68. The van der Waals surface area contributed by atoms with Crippen LogP contribution in [-0.4, -0.2) is 9.97 Å². The maximum atomic E-state index is 11.6. The van der Waals surface area contributed by atoms with Gasteiger partial charge in [-0.2, -0.15) is 0 Å². The SMILES string of the molecule is Cc1cc(C(C)(C)C)cc(C)c1-c1cc(=O)[nH]c(N)n1. The highest BCUT2D eigenvalue weighted by Gasteiger charge is 2.17. The van der Waals surface area contributed by atoms with E-state index in [0.717, 1.165) is 16.7 Å². The first-order valence-corrected chi connectivity index (χ1v) is 6.67. The molecule has 0 bridgehead atoms. The molecule has 0 aliphatic heterocycles. The maximum absolute atomic E-state index is 11.6. The Morgan fingerprint density at radius 1 is 1.10 bits per heavy atom. The topological polar surface area (TPSA) is 71.8 Å². The van der Waals surface area contributed by atoms with E-state index in [2.05, 4.69) is 42.9 Å². The molecule has 2 rings (SSSR count). The zero-order valence-corrected chi connectivity index (χ0v) is 12.7. The summed E-state index contributed by atoms with van der Waals surface area (Å²) < 4.78 is 0. The standard InChI is InChI=1S/C16H21N3O/c1-9-6-11(16(3,4)5)7-10(2)14(9)12-8-13(20)19-15(17)18-12/h6-8H,1-5H3,(H3,17,18,19,20). The monoisotopic (exact) mass is 271 g/mol. The normalized spacial score (nSPS) is 11.7. The number of aryl methyl sites for hydroxylation is 2. The summed E-state index contributed by atoms with van der Waals surface area (Å²) in [5.41, 5.74) is 10.6. The number of hydrogen-bond donors (Lipinski definition) is 2. The lowest BCUT2D eigenvalue weighted by Crippen LogP contribution is -2.13. The van der Waals surface area contributed by atoms with Crippen molar-refractivity contribution in [3.05, 3.63) is 45.2 Å². The third kappa shape index (κ3) is 2.74. The molecule has 4 nitrogen and oxygen atoms in total. The Hall–Kier alpha value is -2.10. The molecule has 0 amide bonds. The largest absolute Gasteiger partial charge is 0.369 e. The van der Waals surface area contributed by atoms with Gasteiger partial charge in [0.25, 0.3) is 5.56 Å². The predicted octanol–water partition coefficient (Wildman–Crippen LogP) is 2.93. The van der Waals surface area contributed by atoms with Gasteiger partial charge in [0.05, 0.1) is 5.69 Å². The van der Waals surface area contributed by atoms with Crippen molar-refractivity contribution in [3.63, 3.8) is 0 Å². The van der Waals surface area contributed by atoms with Crippen LogP contribution in [0.25, 0.3) is 11.3 Å². The van der Waals surface area contributed by atoms with Gasteiger partial charge in [0.1, 0.15) is 0 Å². The van der Waals surface area contributed by atoms with Crippen molar-refractivity contribution in [3.8, 4) is 11.3 Å². The molecule has 4 heteroatoms. The van der Waals surface area contributed by atoms with E-state index in [9.17, 15) is 4.79 Å². The summed E-state index contributed by atoms with van der Waals surface area (Å²) in [6, 6.07) is 5.80. The molecule has 0 aliphatic carbocycles. The van der Waals surface area contributed by atoms with Crippen molar-refractivity contribution in [2.24, 2.45) is 0 Å². The number of benzene rings is 1. The molecule has 1 aromatic carbocycles. The van der Waals surface area contributed by atoms with Crippen LogP contribution >= 0.6 is 0 Å². The first-order chi connectivity index (χ1) is 9.18. The molecule has 1 heterocycles.